The van der Waals surface area contributed by atoms with Crippen molar-refractivity contribution in [3.05, 3.63) is 0 Å². The summed E-state index contributed by atoms with van der Waals surface area (Å²) < 4.78 is 0. The van der Waals surface area contributed by atoms with Gasteiger partial charge in [-0.3, -0.25) is 0 Å². The van der Waals surface area contributed by atoms with Crippen molar-refractivity contribution in [3.63, 3.8) is 0 Å². The Kier molecular flexibility index (Phi) is 4.66. The summed E-state index contributed by atoms with van der Waals surface area (Å²) in [5.41, 5.74) is 0. The predicted molar refractivity (Wildman–Crippen MR) is 69.5 cm³/mol. The molecule has 0 aliphatic heterocycles. The minimum absolute atomic E-state index is 0.770. The lowest BCUT2D eigenvalue weighted by atomic mass is 10.0. The van der Waals surface area contributed by atoms with Crippen molar-refractivity contribution in [2.24, 2.45) is 23.7 Å². The highest BCUT2D eigenvalue weighted by Gasteiger charge is 2.49. The summed E-state index contributed by atoms with van der Waals surface area (Å²) in [7, 11) is 0. The van der Waals surface area contributed by atoms with E-state index in [2.05, 4.69) is 24.5 Å². The zero-order chi connectivity index (χ0) is 11.4. The lowest BCUT2D eigenvalue weighted by Crippen LogP contribution is -2.30. The molecule has 16 heavy (non-hydrogen) atoms. The smallest absolute Gasteiger partial charge is 0.00768 e. The van der Waals surface area contributed by atoms with Gasteiger partial charge in [0.1, 0.15) is 0 Å². The Labute approximate surface area is 101 Å². The Morgan fingerprint density at radius 1 is 1.00 bits per heavy atom. The van der Waals surface area contributed by atoms with E-state index in [1.54, 1.807) is 0 Å². The molecule has 2 saturated carbocycles. The number of nitrogens with one attached hydrogen (secondary N) is 2. The lowest BCUT2D eigenvalue weighted by molar-refractivity contribution is 0.480. The van der Waals surface area contributed by atoms with Crippen LogP contribution in [0, 0.1) is 23.7 Å². The van der Waals surface area contributed by atoms with Gasteiger partial charge in [0.05, 0.1) is 0 Å². The summed E-state index contributed by atoms with van der Waals surface area (Å²) in [6.45, 7) is 9.21. The summed E-state index contributed by atoms with van der Waals surface area (Å²) in [6, 6.07) is 0. The van der Waals surface area contributed by atoms with E-state index in [-0.39, 0.29) is 0 Å². The van der Waals surface area contributed by atoms with Crippen molar-refractivity contribution in [2.45, 2.75) is 39.5 Å². The summed E-state index contributed by atoms with van der Waals surface area (Å²) in [5, 5.41) is 7.09. The summed E-state index contributed by atoms with van der Waals surface area (Å²) in [6.07, 6.45) is 6.02. The van der Waals surface area contributed by atoms with Crippen LogP contribution in [0.5, 0.6) is 0 Å². The third-order valence-corrected chi connectivity index (χ3v) is 4.25. The van der Waals surface area contributed by atoms with Crippen LogP contribution in [0.1, 0.15) is 39.5 Å². The first-order valence-corrected chi connectivity index (χ1v) is 7.20. The normalized spacial score (nSPS) is 32.8. The van der Waals surface area contributed by atoms with Gasteiger partial charge in [-0.25, -0.2) is 0 Å². The molecule has 0 saturated heterocycles. The molecule has 0 aromatic carbocycles. The second kappa shape index (κ2) is 6.02. The van der Waals surface area contributed by atoms with Gasteiger partial charge in [0.25, 0.3) is 0 Å². The lowest BCUT2D eigenvalue weighted by Gasteiger charge is -2.08. The highest BCUT2D eigenvalue weighted by molar-refractivity contribution is 4.99. The van der Waals surface area contributed by atoms with E-state index in [0.29, 0.717) is 0 Å². The van der Waals surface area contributed by atoms with Gasteiger partial charge in [0, 0.05) is 13.1 Å². The summed E-state index contributed by atoms with van der Waals surface area (Å²) in [4.78, 5) is 0. The van der Waals surface area contributed by atoms with Crippen LogP contribution in [-0.2, 0) is 0 Å². The molecule has 0 spiro atoms. The van der Waals surface area contributed by atoms with E-state index in [4.69, 9.17) is 0 Å². The highest BCUT2D eigenvalue weighted by atomic mass is 14.9. The molecule has 2 aliphatic rings. The van der Waals surface area contributed by atoms with Gasteiger partial charge < -0.3 is 10.6 Å². The fraction of sp³-hybridized carbons (Fsp3) is 1.00. The molecule has 0 bridgehead atoms. The third kappa shape index (κ3) is 3.46. The molecule has 2 nitrogen and oxygen atoms in total. The van der Waals surface area contributed by atoms with E-state index >= 15 is 0 Å². The van der Waals surface area contributed by atoms with Gasteiger partial charge in [0.2, 0.25) is 0 Å². The quantitative estimate of drug-likeness (QED) is 0.648. The zero-order valence-electron chi connectivity index (χ0n) is 11.0. The van der Waals surface area contributed by atoms with Crippen LogP contribution in [0.3, 0.4) is 0 Å². The number of rotatable bonds is 7. The van der Waals surface area contributed by atoms with Crippen LogP contribution < -0.4 is 10.6 Å². The van der Waals surface area contributed by atoms with Crippen molar-refractivity contribution in [1.82, 2.24) is 10.6 Å². The maximum Gasteiger partial charge on any atom is 0.00768 e. The Balaban J connectivity index is 1.44. The maximum atomic E-state index is 3.61. The van der Waals surface area contributed by atoms with Gasteiger partial charge >= 0.3 is 0 Å². The van der Waals surface area contributed by atoms with Crippen molar-refractivity contribution in [2.75, 3.05) is 26.2 Å². The SMILES string of the molecule is CC(C)CNCCNCC1C2CCCCC21. The molecule has 2 unspecified atom stereocenters. The van der Waals surface area contributed by atoms with Crippen LogP contribution in [0.25, 0.3) is 0 Å². The number of hydrogen-bond acceptors (Lipinski definition) is 2. The molecular weight excluding hydrogens is 196 g/mol. The fourth-order valence-electron chi connectivity index (χ4n) is 3.28. The molecule has 0 aromatic rings. The Morgan fingerprint density at radius 2 is 1.62 bits per heavy atom. The van der Waals surface area contributed by atoms with Crippen LogP contribution >= 0.6 is 0 Å². The first kappa shape index (κ1) is 12.4. The van der Waals surface area contributed by atoms with Crippen LogP contribution in [0.2, 0.25) is 0 Å². The largest absolute Gasteiger partial charge is 0.315 e. The highest BCUT2D eigenvalue weighted by Crippen LogP contribution is 2.54. The standard InChI is InChI=1S/C14H28N2/c1-11(2)9-15-7-8-16-10-14-12-5-3-4-6-13(12)14/h11-16H,3-10H2,1-2H3. The molecule has 0 aromatic heterocycles. The Morgan fingerprint density at radius 3 is 2.25 bits per heavy atom. The van der Waals surface area contributed by atoms with Crippen molar-refractivity contribution >= 4 is 0 Å². The molecule has 2 rings (SSSR count). The van der Waals surface area contributed by atoms with E-state index in [1.807, 2.05) is 0 Å². The average molecular weight is 224 g/mol. The van der Waals surface area contributed by atoms with Gasteiger partial charge in [-0.05, 0) is 49.6 Å². The Hall–Kier alpha value is -0.0800. The van der Waals surface area contributed by atoms with Gasteiger partial charge in [-0.1, -0.05) is 26.7 Å². The summed E-state index contributed by atoms with van der Waals surface area (Å²) >= 11 is 0. The van der Waals surface area contributed by atoms with E-state index < -0.39 is 0 Å². The van der Waals surface area contributed by atoms with Crippen molar-refractivity contribution in [3.8, 4) is 0 Å². The van der Waals surface area contributed by atoms with Crippen molar-refractivity contribution in [1.29, 1.82) is 0 Å². The van der Waals surface area contributed by atoms with E-state index in [9.17, 15) is 0 Å². The van der Waals surface area contributed by atoms with Gasteiger partial charge in [0.15, 0.2) is 0 Å². The predicted octanol–water partition coefficient (Wildman–Crippen LogP) is 2.26. The average Bonchev–Trinajstić information content (AvgIpc) is 2.97. The minimum Gasteiger partial charge on any atom is -0.315 e. The molecule has 94 valence electrons. The van der Waals surface area contributed by atoms with Crippen molar-refractivity contribution < 1.29 is 0 Å². The number of hydrogen-bond donors (Lipinski definition) is 2. The number of fused-ring (bicyclic) bond motifs is 1. The van der Waals surface area contributed by atoms with Crippen LogP contribution in [-0.4, -0.2) is 26.2 Å². The van der Waals surface area contributed by atoms with Crippen LogP contribution in [0.4, 0.5) is 0 Å². The molecule has 2 aliphatic carbocycles. The molecule has 2 atom stereocenters. The molecule has 0 radical (unpaired) electrons. The second-order valence-corrected chi connectivity index (χ2v) is 6.08. The van der Waals surface area contributed by atoms with Crippen LogP contribution in [0.15, 0.2) is 0 Å². The minimum atomic E-state index is 0.770. The van der Waals surface area contributed by atoms with Gasteiger partial charge in [-0.2, -0.15) is 0 Å². The zero-order valence-corrected chi connectivity index (χ0v) is 11.0. The molecule has 2 N–H and O–H groups in total. The Bertz CT molecular complexity index is 191. The summed E-state index contributed by atoms with van der Waals surface area (Å²) in [5.74, 6) is 4.01. The first-order valence-electron chi connectivity index (χ1n) is 7.20. The van der Waals surface area contributed by atoms with E-state index in [1.165, 1.54) is 32.2 Å². The molecule has 0 heterocycles. The molecule has 2 heteroatoms. The van der Waals surface area contributed by atoms with Gasteiger partial charge in [-0.15, -0.1) is 0 Å². The molecular formula is C14H28N2. The molecule has 0 amide bonds. The monoisotopic (exact) mass is 224 g/mol. The topological polar surface area (TPSA) is 24.1 Å². The fourth-order valence-corrected chi connectivity index (χ4v) is 3.28. The first-order chi connectivity index (χ1) is 7.79. The van der Waals surface area contributed by atoms with E-state index in [0.717, 1.165) is 43.3 Å². The second-order valence-electron chi connectivity index (χ2n) is 6.08. The third-order valence-electron chi connectivity index (χ3n) is 4.25. The maximum absolute atomic E-state index is 3.61. The molecule has 2 fully saturated rings.